The van der Waals surface area contributed by atoms with Crippen molar-refractivity contribution >= 4 is 21.9 Å². The van der Waals surface area contributed by atoms with Crippen LogP contribution in [0.1, 0.15) is 23.5 Å². The third-order valence-electron chi connectivity index (χ3n) is 7.30. The molecule has 0 bridgehead atoms. The third kappa shape index (κ3) is 3.47. The Labute approximate surface area is 204 Å². The number of amides is 1. The molecule has 2 aliphatic heterocycles. The summed E-state index contributed by atoms with van der Waals surface area (Å²) in [6, 6.07) is 22.9. The lowest BCUT2D eigenvalue weighted by molar-refractivity contribution is -0.120. The lowest BCUT2D eigenvalue weighted by atomic mass is 9.98. The normalized spacial score (nSPS) is 21.6. The third-order valence-corrected chi connectivity index (χ3v) is 9.18. The van der Waals surface area contributed by atoms with Gasteiger partial charge in [0.1, 0.15) is 12.6 Å². The van der Waals surface area contributed by atoms with Gasteiger partial charge >= 0.3 is 6.09 Å². The number of Topliss-reactive ketones (excluding diaryl/α,β-unsaturated/α-hetero) is 1. The number of ketones is 1. The van der Waals surface area contributed by atoms with E-state index in [1.165, 1.54) is 21.3 Å². The zero-order valence-electron chi connectivity index (χ0n) is 18.9. The Bertz CT molecular complexity index is 1380. The second-order valence-electron chi connectivity index (χ2n) is 9.13. The molecule has 0 unspecified atom stereocenters. The number of fused-ring (bicyclic) bond motifs is 4. The van der Waals surface area contributed by atoms with Gasteiger partial charge in [0.2, 0.25) is 10.0 Å². The van der Waals surface area contributed by atoms with Crippen LogP contribution in [0.4, 0.5) is 4.79 Å². The maximum Gasteiger partial charge on any atom is 0.410 e. The fourth-order valence-electron chi connectivity index (χ4n) is 5.70. The maximum atomic E-state index is 13.2. The fraction of sp³-hybridized carbons (Fsp3) is 0.259. The molecule has 178 valence electrons. The van der Waals surface area contributed by atoms with Crippen molar-refractivity contribution in [3.63, 3.8) is 0 Å². The number of carbonyl (C=O) groups excluding carboxylic acids is 2. The summed E-state index contributed by atoms with van der Waals surface area (Å²) in [5.41, 5.74) is 4.49. The van der Waals surface area contributed by atoms with Gasteiger partial charge in [-0.3, -0.25) is 9.69 Å². The number of likely N-dealkylation sites (tertiary alicyclic amines) is 1. The lowest BCUT2D eigenvalue weighted by Crippen LogP contribution is -2.44. The molecule has 0 saturated carbocycles. The molecular weight excluding hydrogens is 464 g/mol. The Hall–Kier alpha value is -3.49. The summed E-state index contributed by atoms with van der Waals surface area (Å²) >= 11 is 0. The smallest absolute Gasteiger partial charge is 0.410 e. The van der Waals surface area contributed by atoms with Crippen molar-refractivity contribution in [2.24, 2.45) is 0 Å². The standard InChI is InChI=1S/C27H24N2O5S/c30-25-16-29(35(32,33)18-8-2-1-3-9-18)24-14-15-28(26(24)25)27(31)34-17-23-21-12-6-4-10-19(21)20-11-5-7-13-22(20)23/h1-13,23-24,26H,14-17H2/t24-,26+/m1/s1. The summed E-state index contributed by atoms with van der Waals surface area (Å²) in [4.78, 5) is 27.6. The molecule has 3 aromatic carbocycles. The second kappa shape index (κ2) is 8.32. The van der Waals surface area contributed by atoms with E-state index in [1.807, 2.05) is 36.4 Å². The van der Waals surface area contributed by atoms with E-state index >= 15 is 0 Å². The highest BCUT2D eigenvalue weighted by atomic mass is 32.2. The van der Waals surface area contributed by atoms with Crippen molar-refractivity contribution < 1.29 is 22.7 Å². The first-order chi connectivity index (χ1) is 17.0. The van der Waals surface area contributed by atoms with E-state index in [4.69, 9.17) is 4.74 Å². The monoisotopic (exact) mass is 488 g/mol. The first-order valence-corrected chi connectivity index (χ1v) is 13.1. The Morgan fingerprint density at radius 2 is 1.49 bits per heavy atom. The predicted molar refractivity (Wildman–Crippen MR) is 129 cm³/mol. The van der Waals surface area contributed by atoms with Gasteiger partial charge in [0, 0.05) is 12.5 Å². The van der Waals surface area contributed by atoms with Crippen LogP contribution in [-0.4, -0.2) is 61.3 Å². The van der Waals surface area contributed by atoms with Crippen LogP contribution >= 0.6 is 0 Å². The van der Waals surface area contributed by atoms with Crippen LogP contribution in [0.5, 0.6) is 0 Å². The van der Waals surface area contributed by atoms with Crippen LogP contribution in [0.2, 0.25) is 0 Å². The van der Waals surface area contributed by atoms with Gasteiger partial charge in [-0.2, -0.15) is 4.31 Å². The fourth-order valence-corrected chi connectivity index (χ4v) is 7.35. The van der Waals surface area contributed by atoms with E-state index in [-0.39, 0.29) is 36.3 Å². The molecule has 2 saturated heterocycles. The number of hydrogen-bond donors (Lipinski definition) is 0. The molecule has 35 heavy (non-hydrogen) atoms. The highest BCUT2D eigenvalue weighted by molar-refractivity contribution is 7.89. The van der Waals surface area contributed by atoms with Crippen LogP contribution in [0.15, 0.2) is 83.8 Å². The summed E-state index contributed by atoms with van der Waals surface area (Å²) in [6.45, 7) is 0.194. The maximum absolute atomic E-state index is 13.2. The van der Waals surface area contributed by atoms with Crippen molar-refractivity contribution in [3.05, 3.63) is 90.0 Å². The molecule has 2 heterocycles. The van der Waals surface area contributed by atoms with Crippen LogP contribution in [0.3, 0.4) is 0 Å². The molecule has 1 amide bonds. The molecule has 2 atom stereocenters. The summed E-state index contributed by atoms with van der Waals surface area (Å²) in [6.07, 6.45) is -0.182. The van der Waals surface area contributed by atoms with Crippen LogP contribution in [-0.2, 0) is 19.6 Å². The van der Waals surface area contributed by atoms with Crippen molar-refractivity contribution in [3.8, 4) is 11.1 Å². The van der Waals surface area contributed by atoms with Crippen LogP contribution in [0.25, 0.3) is 11.1 Å². The Morgan fingerprint density at radius 1 is 0.886 bits per heavy atom. The first-order valence-electron chi connectivity index (χ1n) is 11.7. The van der Waals surface area contributed by atoms with Gasteiger partial charge in [-0.05, 0) is 40.8 Å². The van der Waals surface area contributed by atoms with Gasteiger partial charge < -0.3 is 4.74 Å². The van der Waals surface area contributed by atoms with Crippen molar-refractivity contribution in [1.29, 1.82) is 0 Å². The van der Waals surface area contributed by atoms with Crippen molar-refractivity contribution in [2.75, 3.05) is 19.7 Å². The first kappa shape index (κ1) is 22.0. The number of sulfonamides is 1. The zero-order chi connectivity index (χ0) is 24.2. The average Bonchev–Trinajstić information content (AvgIpc) is 3.55. The minimum Gasteiger partial charge on any atom is -0.448 e. The Kier molecular flexibility index (Phi) is 5.23. The molecule has 2 fully saturated rings. The molecule has 0 spiro atoms. The second-order valence-corrected chi connectivity index (χ2v) is 11.0. The molecule has 8 heteroatoms. The van der Waals surface area contributed by atoms with E-state index in [0.717, 1.165) is 22.3 Å². The van der Waals surface area contributed by atoms with Crippen LogP contribution in [0, 0.1) is 0 Å². The van der Waals surface area contributed by atoms with E-state index in [9.17, 15) is 18.0 Å². The van der Waals surface area contributed by atoms with Gasteiger partial charge in [0.25, 0.3) is 0 Å². The lowest BCUT2D eigenvalue weighted by Gasteiger charge is -2.24. The summed E-state index contributed by atoms with van der Waals surface area (Å²) in [7, 11) is -3.83. The van der Waals surface area contributed by atoms with Gasteiger partial charge in [-0.15, -0.1) is 0 Å². The van der Waals surface area contributed by atoms with Crippen molar-refractivity contribution in [2.45, 2.75) is 29.3 Å². The Balaban J connectivity index is 1.19. The van der Waals surface area contributed by atoms with E-state index in [0.29, 0.717) is 6.42 Å². The highest BCUT2D eigenvalue weighted by Gasteiger charge is 2.54. The largest absolute Gasteiger partial charge is 0.448 e. The highest BCUT2D eigenvalue weighted by Crippen LogP contribution is 2.44. The van der Waals surface area contributed by atoms with E-state index in [2.05, 4.69) is 12.1 Å². The molecule has 6 rings (SSSR count). The van der Waals surface area contributed by atoms with Gasteiger partial charge in [-0.25, -0.2) is 13.2 Å². The van der Waals surface area contributed by atoms with Gasteiger partial charge in [0.05, 0.1) is 17.5 Å². The predicted octanol–water partition coefficient (Wildman–Crippen LogP) is 3.65. The Morgan fingerprint density at radius 3 is 2.14 bits per heavy atom. The summed E-state index contributed by atoms with van der Waals surface area (Å²) < 4.78 is 33.3. The zero-order valence-corrected chi connectivity index (χ0v) is 19.7. The van der Waals surface area contributed by atoms with Gasteiger partial charge in [-0.1, -0.05) is 66.7 Å². The SMILES string of the molecule is O=C1CN(S(=O)(=O)c2ccccc2)[C@@H]2CCN(C(=O)OCC3c4ccccc4-c4ccccc43)[C@H]12. The minimum atomic E-state index is -3.83. The number of ether oxygens (including phenoxy) is 1. The quantitative estimate of drug-likeness (QED) is 0.560. The van der Waals surface area contributed by atoms with Crippen molar-refractivity contribution in [1.82, 2.24) is 9.21 Å². The number of rotatable bonds is 4. The number of nitrogens with zero attached hydrogens (tertiary/aromatic N) is 2. The number of hydrogen-bond acceptors (Lipinski definition) is 5. The minimum absolute atomic E-state index is 0.0843. The topological polar surface area (TPSA) is 84.0 Å². The number of carbonyl (C=O) groups is 2. The van der Waals surface area contributed by atoms with Crippen LogP contribution < -0.4 is 0 Å². The average molecular weight is 489 g/mol. The number of benzene rings is 3. The molecule has 3 aromatic rings. The summed E-state index contributed by atoms with van der Waals surface area (Å²) in [5.74, 6) is -0.362. The molecule has 3 aliphatic rings. The van der Waals surface area contributed by atoms with E-state index < -0.39 is 28.2 Å². The molecular formula is C27H24N2O5S. The molecule has 0 radical (unpaired) electrons. The molecule has 0 aromatic heterocycles. The molecule has 0 N–H and O–H groups in total. The summed E-state index contributed by atoms with van der Waals surface area (Å²) in [5, 5.41) is 0. The molecule has 7 nitrogen and oxygen atoms in total. The van der Waals surface area contributed by atoms with Gasteiger partial charge in [0.15, 0.2) is 5.78 Å². The van der Waals surface area contributed by atoms with E-state index in [1.54, 1.807) is 18.2 Å². The molecule has 1 aliphatic carbocycles.